The van der Waals surface area contributed by atoms with Gasteiger partial charge in [-0.15, -0.1) is 0 Å². The second kappa shape index (κ2) is 10.00. The monoisotopic (exact) mass is 361 g/mol. The molecule has 26 heavy (non-hydrogen) atoms. The quantitative estimate of drug-likeness (QED) is 0.709. The van der Waals surface area contributed by atoms with Gasteiger partial charge in [-0.1, -0.05) is 0 Å². The minimum absolute atomic E-state index is 0.102. The first kappa shape index (κ1) is 19.3. The van der Waals surface area contributed by atoms with Crippen LogP contribution < -0.4 is 0 Å². The number of hydrogen-bond acceptors (Lipinski definition) is 5. The topological polar surface area (TPSA) is 54.9 Å². The maximum Gasteiger partial charge on any atom is 0.254 e. The lowest BCUT2D eigenvalue weighted by molar-refractivity contribution is 0.0437. The zero-order chi connectivity index (χ0) is 18.2. The number of aromatic nitrogens is 1. The van der Waals surface area contributed by atoms with Gasteiger partial charge in [0, 0.05) is 51.3 Å². The van der Waals surface area contributed by atoms with Crippen LogP contribution in [0.15, 0.2) is 24.5 Å². The summed E-state index contributed by atoms with van der Waals surface area (Å²) in [6.07, 6.45) is 7.97. The molecule has 0 spiro atoms. The first-order valence-electron chi connectivity index (χ1n) is 9.78. The summed E-state index contributed by atoms with van der Waals surface area (Å²) in [6, 6.07) is 3.61. The Kier molecular flexibility index (Phi) is 7.41. The first-order valence-corrected chi connectivity index (χ1v) is 9.78. The fourth-order valence-electron chi connectivity index (χ4n) is 3.88. The smallest absolute Gasteiger partial charge is 0.254 e. The number of carbonyl (C=O) groups excluding carboxylic acids is 1. The molecule has 1 amide bonds. The van der Waals surface area contributed by atoms with Crippen LogP contribution in [-0.2, 0) is 9.47 Å². The van der Waals surface area contributed by atoms with E-state index in [0.29, 0.717) is 12.5 Å². The van der Waals surface area contributed by atoms with Gasteiger partial charge in [-0.25, -0.2) is 0 Å². The molecular weight excluding hydrogens is 330 g/mol. The van der Waals surface area contributed by atoms with Gasteiger partial charge in [0.05, 0.1) is 12.7 Å². The van der Waals surface area contributed by atoms with Gasteiger partial charge in [0.2, 0.25) is 0 Å². The standard InChI is InChI=1S/C20H31N3O3/c1-25-14-12-22-10-6-17(7-11-22)15-23(16-19-3-2-13-26-19)20(24)18-4-8-21-9-5-18/h4-5,8-9,17,19H,2-3,6-7,10-16H2,1H3. The van der Waals surface area contributed by atoms with Crippen LogP contribution in [-0.4, -0.2) is 79.8 Å². The third kappa shape index (κ3) is 5.50. The van der Waals surface area contributed by atoms with E-state index >= 15 is 0 Å². The average molecular weight is 361 g/mol. The van der Waals surface area contributed by atoms with Gasteiger partial charge in [0.25, 0.3) is 5.91 Å². The van der Waals surface area contributed by atoms with Crippen molar-refractivity contribution in [2.24, 2.45) is 5.92 Å². The van der Waals surface area contributed by atoms with Crippen molar-refractivity contribution in [2.45, 2.75) is 31.8 Å². The number of likely N-dealkylation sites (tertiary alicyclic amines) is 1. The molecule has 2 aliphatic heterocycles. The van der Waals surface area contributed by atoms with Gasteiger partial charge in [-0.3, -0.25) is 9.78 Å². The third-order valence-electron chi connectivity index (χ3n) is 5.46. The van der Waals surface area contributed by atoms with Crippen molar-refractivity contribution in [3.63, 3.8) is 0 Å². The Morgan fingerprint density at radius 2 is 2.04 bits per heavy atom. The van der Waals surface area contributed by atoms with Gasteiger partial charge in [-0.2, -0.15) is 0 Å². The van der Waals surface area contributed by atoms with Crippen LogP contribution in [0.4, 0.5) is 0 Å². The van der Waals surface area contributed by atoms with E-state index < -0.39 is 0 Å². The summed E-state index contributed by atoms with van der Waals surface area (Å²) < 4.78 is 11.0. The number of methoxy groups -OCH3 is 1. The number of piperidine rings is 1. The number of hydrogen-bond donors (Lipinski definition) is 0. The van der Waals surface area contributed by atoms with Crippen LogP contribution in [0, 0.1) is 5.92 Å². The summed E-state index contributed by atoms with van der Waals surface area (Å²) in [4.78, 5) is 21.5. The van der Waals surface area contributed by atoms with E-state index in [1.165, 1.54) is 0 Å². The fraction of sp³-hybridized carbons (Fsp3) is 0.700. The highest BCUT2D eigenvalue weighted by Gasteiger charge is 2.27. The molecular formula is C20H31N3O3. The molecule has 0 saturated carbocycles. The second-order valence-corrected chi connectivity index (χ2v) is 7.36. The molecule has 0 aromatic carbocycles. The van der Waals surface area contributed by atoms with E-state index in [9.17, 15) is 4.79 Å². The van der Waals surface area contributed by atoms with E-state index in [-0.39, 0.29) is 12.0 Å². The Labute approximate surface area is 156 Å². The molecule has 2 aliphatic rings. The lowest BCUT2D eigenvalue weighted by atomic mass is 9.95. The van der Waals surface area contributed by atoms with Crippen molar-refractivity contribution >= 4 is 5.91 Å². The summed E-state index contributed by atoms with van der Waals surface area (Å²) in [5.41, 5.74) is 0.718. The molecule has 2 fully saturated rings. The summed E-state index contributed by atoms with van der Waals surface area (Å²) in [5.74, 6) is 0.658. The lowest BCUT2D eigenvalue weighted by Crippen LogP contribution is -2.44. The third-order valence-corrected chi connectivity index (χ3v) is 5.46. The number of ether oxygens (including phenoxy) is 2. The molecule has 1 aromatic heterocycles. The zero-order valence-electron chi connectivity index (χ0n) is 15.8. The van der Waals surface area contributed by atoms with Crippen LogP contribution in [0.2, 0.25) is 0 Å². The molecule has 0 N–H and O–H groups in total. The van der Waals surface area contributed by atoms with Crippen LogP contribution in [0.5, 0.6) is 0 Å². The Morgan fingerprint density at radius 1 is 1.27 bits per heavy atom. The van der Waals surface area contributed by atoms with E-state index in [1.54, 1.807) is 31.6 Å². The van der Waals surface area contributed by atoms with Crippen LogP contribution >= 0.6 is 0 Å². The minimum atomic E-state index is 0.102. The Balaban J connectivity index is 1.58. The van der Waals surface area contributed by atoms with Gasteiger partial charge in [0.1, 0.15) is 0 Å². The summed E-state index contributed by atoms with van der Waals surface area (Å²) in [5, 5.41) is 0. The molecule has 1 unspecified atom stereocenters. The molecule has 1 atom stereocenters. The number of amides is 1. The number of carbonyl (C=O) groups is 1. The number of pyridine rings is 1. The van der Waals surface area contributed by atoms with Crippen molar-refractivity contribution < 1.29 is 14.3 Å². The van der Waals surface area contributed by atoms with Crippen molar-refractivity contribution in [1.82, 2.24) is 14.8 Å². The van der Waals surface area contributed by atoms with Crippen molar-refractivity contribution in [1.29, 1.82) is 0 Å². The highest BCUT2D eigenvalue weighted by molar-refractivity contribution is 5.94. The largest absolute Gasteiger partial charge is 0.383 e. The van der Waals surface area contributed by atoms with Gasteiger partial charge < -0.3 is 19.3 Å². The molecule has 1 aromatic rings. The number of nitrogens with zero attached hydrogens (tertiary/aromatic N) is 3. The Morgan fingerprint density at radius 3 is 2.69 bits per heavy atom. The Hall–Kier alpha value is -1.50. The Bertz CT molecular complexity index is 540. The fourth-order valence-corrected chi connectivity index (χ4v) is 3.88. The maximum atomic E-state index is 13.0. The van der Waals surface area contributed by atoms with Crippen LogP contribution in [0.3, 0.4) is 0 Å². The summed E-state index contributed by atoms with van der Waals surface area (Å²) in [7, 11) is 1.75. The normalized spacial score (nSPS) is 21.8. The van der Waals surface area contributed by atoms with E-state index in [4.69, 9.17) is 9.47 Å². The first-order chi connectivity index (χ1) is 12.8. The average Bonchev–Trinajstić information content (AvgIpc) is 3.20. The number of rotatable bonds is 8. The van der Waals surface area contributed by atoms with Gasteiger partial charge in [-0.05, 0) is 56.8 Å². The molecule has 3 heterocycles. The minimum Gasteiger partial charge on any atom is -0.383 e. The molecule has 2 saturated heterocycles. The molecule has 144 valence electrons. The molecule has 0 radical (unpaired) electrons. The van der Waals surface area contributed by atoms with Crippen LogP contribution in [0.1, 0.15) is 36.0 Å². The van der Waals surface area contributed by atoms with E-state index in [1.807, 2.05) is 4.90 Å². The molecule has 0 bridgehead atoms. The van der Waals surface area contributed by atoms with Gasteiger partial charge >= 0.3 is 0 Å². The second-order valence-electron chi connectivity index (χ2n) is 7.36. The highest BCUT2D eigenvalue weighted by Crippen LogP contribution is 2.21. The van der Waals surface area contributed by atoms with Crippen molar-refractivity contribution in [3.8, 4) is 0 Å². The van der Waals surface area contributed by atoms with E-state index in [0.717, 1.165) is 70.6 Å². The predicted molar refractivity (Wildman–Crippen MR) is 100 cm³/mol. The summed E-state index contributed by atoms with van der Waals surface area (Å²) >= 11 is 0. The molecule has 6 nitrogen and oxygen atoms in total. The summed E-state index contributed by atoms with van der Waals surface area (Å²) in [6.45, 7) is 6.30. The highest BCUT2D eigenvalue weighted by atomic mass is 16.5. The molecule has 6 heteroatoms. The SMILES string of the molecule is COCCN1CCC(CN(CC2CCCO2)C(=O)c2ccncc2)CC1. The lowest BCUT2D eigenvalue weighted by Gasteiger charge is -2.35. The predicted octanol–water partition coefficient (Wildman–Crippen LogP) is 2.06. The van der Waals surface area contributed by atoms with E-state index in [2.05, 4.69) is 9.88 Å². The van der Waals surface area contributed by atoms with Crippen LogP contribution in [0.25, 0.3) is 0 Å². The zero-order valence-corrected chi connectivity index (χ0v) is 15.8. The van der Waals surface area contributed by atoms with Crippen molar-refractivity contribution in [2.75, 3.05) is 53.0 Å². The molecule has 3 rings (SSSR count). The molecule has 0 aliphatic carbocycles. The maximum absolute atomic E-state index is 13.0. The van der Waals surface area contributed by atoms with Gasteiger partial charge in [0.15, 0.2) is 0 Å². The van der Waals surface area contributed by atoms with Crippen molar-refractivity contribution in [3.05, 3.63) is 30.1 Å².